The molecule has 0 spiro atoms. The second-order valence-corrected chi connectivity index (χ2v) is 18.0. The van der Waals surface area contributed by atoms with Crippen LogP contribution in [-0.2, 0) is 20.2 Å². The highest BCUT2D eigenvalue weighted by Crippen LogP contribution is 2.44. The van der Waals surface area contributed by atoms with E-state index in [9.17, 15) is 46.1 Å². The van der Waals surface area contributed by atoms with Gasteiger partial charge in [-0.3, -0.25) is 18.7 Å². The Labute approximate surface area is 362 Å². The fourth-order valence-corrected chi connectivity index (χ4v) is 9.91. The van der Waals surface area contributed by atoms with Gasteiger partial charge in [-0.05, 0) is 71.5 Å². The molecule has 4 N–H and O–H groups in total. The van der Waals surface area contributed by atoms with Gasteiger partial charge in [0.1, 0.15) is 0 Å². The van der Waals surface area contributed by atoms with Crippen LogP contribution in [0.15, 0.2) is 85.2 Å². The molecular weight excluding hydrogens is 857 g/mol. The number of amides is 2. The van der Waals surface area contributed by atoms with Gasteiger partial charge in [-0.1, -0.05) is 24.3 Å². The number of hydrogen-bond donors (Lipinski definition) is 4. The predicted molar refractivity (Wildman–Crippen MR) is 227 cm³/mol. The first kappa shape index (κ1) is 42.6. The summed E-state index contributed by atoms with van der Waals surface area (Å²) < 4.78 is 95.0. The number of anilines is 2. The molecule has 2 amide bonds. The fraction of sp³-hybridized carbons (Fsp3) is 0.256. The number of rotatable bonds is 12. The monoisotopic (exact) mass is 894 g/mol. The van der Waals surface area contributed by atoms with E-state index >= 15 is 0 Å². The molecule has 8 rings (SSSR count). The molecule has 4 aliphatic rings. The van der Waals surface area contributed by atoms with Gasteiger partial charge in [-0.25, -0.2) is 0 Å². The number of fused-ring (bicyclic) bond motifs is 4. The Kier molecular flexibility index (Phi) is 11.2. The van der Waals surface area contributed by atoms with Crippen LogP contribution in [0.4, 0.5) is 11.4 Å². The lowest BCUT2D eigenvalue weighted by Crippen LogP contribution is -2.46. The van der Waals surface area contributed by atoms with Gasteiger partial charge >= 0.3 is 0 Å². The lowest BCUT2D eigenvalue weighted by Gasteiger charge is -2.26. The molecule has 63 heavy (non-hydrogen) atoms. The maximum atomic E-state index is 14.0. The second kappa shape index (κ2) is 16.6. The first-order valence-electron chi connectivity index (χ1n) is 19.3. The predicted octanol–water partition coefficient (Wildman–Crippen LogP) is 5.09. The Hall–Kier alpha value is -7.10. The molecule has 4 atom stereocenters. The highest BCUT2D eigenvalue weighted by Gasteiger charge is 2.47. The molecular formula is C43H38N6O12S2. The molecule has 0 aromatic heterocycles. The molecule has 4 aromatic rings. The lowest BCUT2D eigenvalue weighted by atomic mass is 10.0. The Balaban J connectivity index is 0.981. The van der Waals surface area contributed by atoms with Gasteiger partial charge in [0.15, 0.2) is 33.7 Å². The number of benzene rings is 4. The normalized spacial score (nSPS) is 20.2. The average molecular weight is 895 g/mol. The molecule has 0 fully saturated rings. The number of nitrogens with one attached hydrogen (secondary N) is 2. The fourth-order valence-electron chi connectivity index (χ4n) is 8.11. The first-order valence-corrected chi connectivity index (χ1v) is 22.4. The number of carbonyl (C=O) groups is 2. The molecule has 0 bridgehead atoms. The summed E-state index contributed by atoms with van der Waals surface area (Å²) in [6.45, 7) is 0.0469. The summed E-state index contributed by atoms with van der Waals surface area (Å²) in [6.07, 6.45) is 3.50. The summed E-state index contributed by atoms with van der Waals surface area (Å²) in [5, 5.41) is 20.8. The van der Waals surface area contributed by atoms with E-state index in [-0.39, 0.29) is 78.0 Å². The molecule has 4 aliphatic heterocycles. The largest absolute Gasteiger partial charge is 0.493 e. The van der Waals surface area contributed by atoms with Crippen LogP contribution >= 0.6 is 0 Å². The van der Waals surface area contributed by atoms with Crippen LogP contribution in [0.3, 0.4) is 0 Å². The summed E-state index contributed by atoms with van der Waals surface area (Å²) in [7, 11) is -6.79. The molecule has 4 heterocycles. The van der Waals surface area contributed by atoms with E-state index in [1.165, 1.54) is 60.7 Å². The van der Waals surface area contributed by atoms with E-state index in [1.54, 1.807) is 48.5 Å². The van der Waals surface area contributed by atoms with Crippen LogP contribution in [0.2, 0.25) is 0 Å². The third-order valence-electron chi connectivity index (χ3n) is 11.2. The zero-order chi connectivity index (χ0) is 44.8. The Bertz CT molecular complexity index is 2710. The van der Waals surface area contributed by atoms with Gasteiger partial charge in [0.05, 0.1) is 85.3 Å². The van der Waals surface area contributed by atoms with E-state index in [1.807, 2.05) is 12.1 Å². The van der Waals surface area contributed by atoms with E-state index in [2.05, 4.69) is 10.6 Å². The van der Waals surface area contributed by atoms with Crippen LogP contribution in [-0.4, -0.2) is 97.8 Å². The highest BCUT2D eigenvalue weighted by molar-refractivity contribution is 7.86. The molecule has 0 radical (unpaired) electrons. The molecule has 2 unspecified atom stereocenters. The van der Waals surface area contributed by atoms with Crippen molar-refractivity contribution in [3.8, 4) is 35.1 Å². The maximum absolute atomic E-state index is 14.0. The van der Waals surface area contributed by atoms with Crippen LogP contribution < -0.4 is 29.6 Å². The second-order valence-electron chi connectivity index (χ2n) is 15.0. The molecule has 18 nitrogen and oxygen atoms in total. The summed E-state index contributed by atoms with van der Waals surface area (Å²) in [6, 6.07) is 20.9. The Morgan fingerprint density at radius 3 is 1.35 bits per heavy atom. The number of nitriles is 2. The van der Waals surface area contributed by atoms with E-state index in [0.717, 1.165) is 0 Å². The van der Waals surface area contributed by atoms with Crippen molar-refractivity contribution in [2.45, 2.75) is 42.1 Å². The van der Waals surface area contributed by atoms with E-state index in [4.69, 9.17) is 18.9 Å². The standard InChI is InChI=1S/C43H38N6O12S2/c1-58-36-16-30-32(46-40(62(52,53)54)34-14-28(22-48(34)42(30)50)26-8-4-24(20-44)5-9-26)18-38(36)60-12-3-13-61-39-19-33-31(17-37(39)59-2)43(51)49-23-29(27-10-6-25(21-45)7-11-27)15-35(49)41(47-33)63(55,56)57/h4-11,16-19,22-23,34-35,40-41,46-47H,3,12-15H2,1-2H3,(H,52,53,54)(H,55,56,57)/t34-,35-,40?,41?/m0/s1. The summed E-state index contributed by atoms with van der Waals surface area (Å²) in [4.78, 5) is 30.5. The summed E-state index contributed by atoms with van der Waals surface area (Å²) in [5.41, 5.74) is 3.80. The summed E-state index contributed by atoms with van der Waals surface area (Å²) >= 11 is 0. The molecule has 324 valence electrons. The van der Waals surface area contributed by atoms with Crippen molar-refractivity contribution in [1.82, 2.24) is 9.80 Å². The van der Waals surface area contributed by atoms with Crippen molar-refractivity contribution in [2.24, 2.45) is 0 Å². The van der Waals surface area contributed by atoms with Crippen LogP contribution in [0.1, 0.15) is 62.2 Å². The van der Waals surface area contributed by atoms with Crippen molar-refractivity contribution in [2.75, 3.05) is 38.1 Å². The molecule has 0 saturated heterocycles. The number of ether oxygens (including phenoxy) is 4. The lowest BCUT2D eigenvalue weighted by molar-refractivity contribution is 0.0782. The third kappa shape index (κ3) is 8.20. The zero-order valence-electron chi connectivity index (χ0n) is 33.5. The first-order chi connectivity index (χ1) is 30.1. The number of nitrogens with zero attached hydrogens (tertiary/aromatic N) is 4. The number of carbonyl (C=O) groups excluding carboxylic acids is 2. The quantitative estimate of drug-likeness (QED) is 0.107. The van der Waals surface area contributed by atoms with Gasteiger partial charge in [-0.2, -0.15) is 27.4 Å². The van der Waals surface area contributed by atoms with Gasteiger partial charge in [-0.15, -0.1) is 0 Å². The Morgan fingerprint density at radius 1 is 0.635 bits per heavy atom. The minimum Gasteiger partial charge on any atom is -0.493 e. The number of hydrogen-bond acceptors (Lipinski definition) is 14. The van der Waals surface area contributed by atoms with Crippen molar-refractivity contribution in [3.63, 3.8) is 0 Å². The third-order valence-corrected chi connectivity index (χ3v) is 13.4. The topological polar surface area (TPSA) is 258 Å². The van der Waals surface area contributed by atoms with Gasteiger partial charge < -0.3 is 39.4 Å². The minimum atomic E-state index is -4.77. The smallest absolute Gasteiger partial charge is 0.288 e. The van der Waals surface area contributed by atoms with Crippen molar-refractivity contribution < 1.29 is 54.5 Å². The molecule has 0 saturated carbocycles. The molecule has 0 aliphatic carbocycles. The van der Waals surface area contributed by atoms with Crippen molar-refractivity contribution >= 4 is 54.6 Å². The highest BCUT2D eigenvalue weighted by atomic mass is 32.2. The minimum absolute atomic E-state index is 0.0234. The van der Waals surface area contributed by atoms with Gasteiger partial charge in [0, 0.05) is 31.0 Å². The van der Waals surface area contributed by atoms with E-state index in [0.29, 0.717) is 33.4 Å². The van der Waals surface area contributed by atoms with Crippen molar-refractivity contribution in [3.05, 3.63) is 119 Å². The van der Waals surface area contributed by atoms with Crippen LogP contribution in [0.25, 0.3) is 11.1 Å². The average Bonchev–Trinajstić information content (AvgIpc) is 3.86. The zero-order valence-corrected chi connectivity index (χ0v) is 35.1. The Morgan fingerprint density at radius 2 is 1.02 bits per heavy atom. The SMILES string of the molecule is COc1cc2c(cc1OCCCOc1cc3c(cc1OC)C(=O)N1C=C(c4ccc(C#N)cc4)C[C@H]1C(S(=O)(=O)O)N3)NC(S(=O)(=O)O)[C@@H]1CC(c3ccc(C#N)cc3)=CN1C2=O. The summed E-state index contributed by atoms with van der Waals surface area (Å²) in [5.74, 6) is -0.459. The van der Waals surface area contributed by atoms with E-state index < -0.39 is 54.9 Å². The molecule has 20 heteroatoms. The maximum Gasteiger partial charge on any atom is 0.288 e. The molecule has 4 aromatic carbocycles. The van der Waals surface area contributed by atoms with Crippen LogP contribution in [0.5, 0.6) is 23.0 Å². The van der Waals surface area contributed by atoms with Gasteiger partial charge in [0.25, 0.3) is 32.1 Å². The van der Waals surface area contributed by atoms with Crippen molar-refractivity contribution in [1.29, 1.82) is 10.5 Å². The van der Waals surface area contributed by atoms with Crippen LogP contribution in [0, 0.1) is 22.7 Å². The van der Waals surface area contributed by atoms with Gasteiger partial charge in [0.2, 0.25) is 0 Å². The number of methoxy groups -OCH3 is 2.